The van der Waals surface area contributed by atoms with E-state index in [0.717, 1.165) is 0 Å². The number of hydrogen-bond donors (Lipinski definition) is 4. The van der Waals surface area contributed by atoms with E-state index in [1.165, 1.54) is 0 Å². The van der Waals surface area contributed by atoms with Crippen molar-refractivity contribution in [3.63, 3.8) is 0 Å². The molecule has 2 aromatic carbocycles. The second-order valence-electron chi connectivity index (χ2n) is 16.8. The number of rotatable bonds is 7. The molecule has 0 aromatic heterocycles. The summed E-state index contributed by atoms with van der Waals surface area (Å²) >= 11 is 0. The zero-order valence-electron chi connectivity index (χ0n) is 31.4. The Morgan fingerprint density at radius 2 is 1.58 bits per heavy atom. The van der Waals surface area contributed by atoms with Crippen molar-refractivity contribution in [1.82, 2.24) is 5.32 Å². The summed E-state index contributed by atoms with van der Waals surface area (Å²) in [5.41, 5.74) is -5.24. The minimum absolute atomic E-state index is 0.112. The van der Waals surface area contributed by atoms with Crippen LogP contribution < -0.4 is 5.32 Å². The van der Waals surface area contributed by atoms with Crippen LogP contribution in [0.2, 0.25) is 0 Å². The highest BCUT2D eigenvalue weighted by Crippen LogP contribution is 2.63. The third-order valence-corrected chi connectivity index (χ3v) is 12.2. The molecule has 6 rings (SSSR count). The van der Waals surface area contributed by atoms with E-state index in [1.54, 1.807) is 109 Å². The van der Waals surface area contributed by atoms with Gasteiger partial charge in [0.1, 0.15) is 34.8 Å². The first kappa shape index (κ1) is 38.6. The van der Waals surface area contributed by atoms with Crippen molar-refractivity contribution in [2.75, 3.05) is 6.61 Å². The van der Waals surface area contributed by atoms with Gasteiger partial charge in [-0.05, 0) is 63.8 Å². The largest absolute Gasteiger partial charge is 0.456 e. The molecule has 2 saturated carbocycles. The molecule has 1 saturated heterocycles. The maximum absolute atomic E-state index is 14.6. The van der Waals surface area contributed by atoms with Gasteiger partial charge in [-0.15, -0.1) is 0 Å². The molecule has 1 amide bonds. The Morgan fingerprint density at radius 1 is 0.962 bits per heavy atom. The summed E-state index contributed by atoms with van der Waals surface area (Å²) in [5.74, 6) is -3.13. The Kier molecular flexibility index (Phi) is 9.94. The van der Waals surface area contributed by atoms with Gasteiger partial charge in [0.05, 0.1) is 24.3 Å². The van der Waals surface area contributed by atoms with Gasteiger partial charge in [-0.2, -0.15) is 0 Å². The quantitative estimate of drug-likeness (QED) is 0.176. The summed E-state index contributed by atoms with van der Waals surface area (Å²) in [6.07, 6.45) is -5.72. The van der Waals surface area contributed by atoms with Crippen molar-refractivity contribution in [3.05, 3.63) is 82.9 Å². The Balaban J connectivity index is 1.40. The first-order valence-electron chi connectivity index (χ1n) is 18.2. The number of esters is 2. The fourth-order valence-electron chi connectivity index (χ4n) is 8.99. The smallest absolute Gasteiger partial charge is 0.408 e. The molecule has 1 unspecified atom stereocenters. The van der Waals surface area contributed by atoms with Gasteiger partial charge in [-0.25, -0.2) is 14.4 Å². The molecule has 286 valence electrons. The second-order valence-corrected chi connectivity index (χ2v) is 16.8. The SMILES string of the molecule is CC1=C2CC(=O)[C@]3(C)CC[C@H]4OC[C@@]4(O)[C@H]3C(OC(=O)c3ccccc3)[C@](O)(C[C@@H]1OC(=O)[C@H](O)[C@@H](NC(=O)OC(C)(C)C)c1ccccc1)C2(C)C. The van der Waals surface area contributed by atoms with E-state index in [4.69, 9.17) is 18.9 Å². The van der Waals surface area contributed by atoms with Crippen molar-refractivity contribution in [2.24, 2.45) is 16.7 Å². The normalized spacial score (nSPS) is 33.1. The Morgan fingerprint density at radius 3 is 2.17 bits per heavy atom. The Hall–Kier alpha value is -4.10. The van der Waals surface area contributed by atoms with Crippen LogP contribution in [0.5, 0.6) is 0 Å². The molecule has 2 bridgehead atoms. The van der Waals surface area contributed by atoms with Crippen LogP contribution in [0, 0.1) is 16.7 Å². The molecule has 4 N–H and O–H groups in total. The number of Topliss-reactive ketones (excluding diaryl/α,β-unsaturated/α-hetero) is 1. The number of nitrogens with one attached hydrogen (secondary N) is 1. The average molecular weight is 734 g/mol. The number of aliphatic hydroxyl groups is 3. The molecular formula is C41H51NO11. The van der Waals surface area contributed by atoms with E-state index >= 15 is 0 Å². The fraction of sp³-hybridized carbons (Fsp3) is 0.561. The molecule has 4 aliphatic rings. The molecule has 9 atom stereocenters. The Bertz CT molecular complexity index is 1790. The predicted molar refractivity (Wildman–Crippen MR) is 191 cm³/mol. The van der Waals surface area contributed by atoms with Gasteiger partial charge in [-0.3, -0.25) is 4.79 Å². The standard InChI is InChI=1S/C41H51NO11/c1-23-26-20-28(43)39(7)19-18-29-40(48,22-50-29)32(39)33(52-34(45)25-16-12-9-13-17-25)41(49,38(26,5)6)21-27(23)51-35(46)31(44)30(24-14-10-8-11-15-24)42-36(47)53-37(2,3)4/h8-17,27,29-33,44,48-49H,18-22H2,1-7H3,(H,42,47)/t27-,29+,30-,31+,32-,33?,39-,40-,41+/m0/s1. The molecule has 3 aliphatic carbocycles. The number of carbonyl (C=O) groups excluding carboxylic acids is 4. The van der Waals surface area contributed by atoms with Crippen molar-refractivity contribution < 1.29 is 53.4 Å². The molecule has 1 aliphatic heterocycles. The lowest BCUT2D eigenvalue weighted by atomic mass is 9.46. The fourth-order valence-corrected chi connectivity index (χ4v) is 8.99. The number of benzene rings is 2. The highest BCUT2D eigenvalue weighted by atomic mass is 16.6. The predicted octanol–water partition coefficient (Wildman–Crippen LogP) is 4.75. The number of carbonyl (C=O) groups is 4. The van der Waals surface area contributed by atoms with Crippen LogP contribution in [0.15, 0.2) is 71.8 Å². The molecule has 0 radical (unpaired) electrons. The van der Waals surface area contributed by atoms with Crippen molar-refractivity contribution in [2.45, 2.75) is 121 Å². The van der Waals surface area contributed by atoms with Crippen LogP contribution in [-0.2, 0) is 28.5 Å². The summed E-state index contributed by atoms with van der Waals surface area (Å²) in [5, 5.41) is 39.6. The Labute approximate surface area is 309 Å². The summed E-state index contributed by atoms with van der Waals surface area (Å²) in [6, 6.07) is 15.4. The zero-order chi connectivity index (χ0) is 38.7. The van der Waals surface area contributed by atoms with Crippen molar-refractivity contribution >= 4 is 23.8 Å². The van der Waals surface area contributed by atoms with Gasteiger partial charge in [-0.1, -0.05) is 74.9 Å². The number of aliphatic hydroxyl groups excluding tert-OH is 1. The molecule has 1 heterocycles. The third kappa shape index (κ3) is 6.68. The minimum Gasteiger partial charge on any atom is -0.456 e. The van der Waals surface area contributed by atoms with Crippen LogP contribution in [0.1, 0.15) is 96.1 Å². The van der Waals surface area contributed by atoms with E-state index in [9.17, 15) is 34.5 Å². The van der Waals surface area contributed by atoms with Gasteiger partial charge in [0, 0.05) is 29.6 Å². The van der Waals surface area contributed by atoms with E-state index < -0.39 is 82.0 Å². The molecule has 2 aromatic rings. The zero-order valence-corrected chi connectivity index (χ0v) is 31.4. The lowest BCUT2D eigenvalue weighted by Gasteiger charge is -2.65. The number of amides is 1. The van der Waals surface area contributed by atoms with Crippen LogP contribution in [0.4, 0.5) is 4.79 Å². The van der Waals surface area contributed by atoms with Gasteiger partial charge < -0.3 is 39.6 Å². The first-order valence-corrected chi connectivity index (χ1v) is 18.2. The monoisotopic (exact) mass is 733 g/mol. The van der Waals surface area contributed by atoms with E-state index in [0.29, 0.717) is 29.6 Å². The summed E-state index contributed by atoms with van der Waals surface area (Å²) in [7, 11) is 0. The molecule has 53 heavy (non-hydrogen) atoms. The van der Waals surface area contributed by atoms with Crippen LogP contribution >= 0.6 is 0 Å². The first-order chi connectivity index (χ1) is 24.7. The maximum Gasteiger partial charge on any atom is 0.408 e. The molecule has 3 fully saturated rings. The third-order valence-electron chi connectivity index (χ3n) is 12.2. The number of fused-ring (bicyclic) bond motifs is 5. The number of ether oxygens (including phenoxy) is 4. The topological polar surface area (TPSA) is 178 Å². The molecular weight excluding hydrogens is 682 g/mol. The minimum atomic E-state index is -2.00. The molecule has 12 nitrogen and oxygen atoms in total. The number of alkyl carbamates (subject to hydrolysis) is 1. The van der Waals surface area contributed by atoms with Crippen LogP contribution in [0.3, 0.4) is 0 Å². The van der Waals surface area contributed by atoms with Gasteiger partial charge >= 0.3 is 18.0 Å². The summed E-state index contributed by atoms with van der Waals surface area (Å²) in [6.45, 7) is 11.9. The molecule has 12 heteroatoms. The van der Waals surface area contributed by atoms with Crippen LogP contribution in [0.25, 0.3) is 0 Å². The van der Waals surface area contributed by atoms with E-state index in [2.05, 4.69) is 5.32 Å². The maximum atomic E-state index is 14.6. The summed E-state index contributed by atoms with van der Waals surface area (Å²) in [4.78, 5) is 55.3. The number of ketones is 1. The van der Waals surface area contributed by atoms with Gasteiger partial charge in [0.25, 0.3) is 0 Å². The highest BCUT2D eigenvalue weighted by Gasteiger charge is 2.73. The number of hydrogen-bond acceptors (Lipinski definition) is 11. The van der Waals surface area contributed by atoms with Crippen LogP contribution in [-0.4, -0.2) is 87.0 Å². The van der Waals surface area contributed by atoms with Crippen molar-refractivity contribution in [1.29, 1.82) is 0 Å². The van der Waals surface area contributed by atoms with E-state index in [-0.39, 0.29) is 30.8 Å². The average Bonchev–Trinajstić information content (AvgIpc) is 3.09. The lowest BCUT2D eigenvalue weighted by Crippen LogP contribution is -2.77. The second kappa shape index (κ2) is 13.6. The lowest BCUT2D eigenvalue weighted by molar-refractivity contribution is -0.328. The van der Waals surface area contributed by atoms with E-state index in [1.807, 2.05) is 0 Å². The van der Waals surface area contributed by atoms with Gasteiger partial charge in [0.15, 0.2) is 6.10 Å². The molecule has 0 spiro atoms. The van der Waals surface area contributed by atoms with Crippen molar-refractivity contribution in [3.8, 4) is 0 Å². The van der Waals surface area contributed by atoms with Gasteiger partial charge in [0.2, 0.25) is 0 Å². The summed E-state index contributed by atoms with van der Waals surface area (Å²) < 4.78 is 23.5. The highest BCUT2D eigenvalue weighted by molar-refractivity contribution is 5.91.